The van der Waals surface area contributed by atoms with Crippen LogP contribution in [0, 0.1) is 27.7 Å². The minimum Gasteiger partial charge on any atom is -0.379 e. The van der Waals surface area contributed by atoms with Gasteiger partial charge in [-0.3, -0.25) is 39.1 Å². The number of amides is 9. The summed E-state index contributed by atoms with van der Waals surface area (Å²) in [5, 5.41) is 42.3. The number of aryl methyl sites for hydroxylation is 4. The lowest BCUT2D eigenvalue weighted by molar-refractivity contribution is -0.121. The van der Waals surface area contributed by atoms with Crippen molar-refractivity contribution in [2.75, 3.05) is 92.1 Å². The van der Waals surface area contributed by atoms with Crippen molar-refractivity contribution in [2.45, 2.75) is 92.7 Å². The van der Waals surface area contributed by atoms with Gasteiger partial charge in [0, 0.05) is 153 Å². The molecular formula is C100H87BrCl8N8O12. The first-order chi connectivity index (χ1) is 61.9. The van der Waals surface area contributed by atoms with E-state index in [0.717, 1.165) is 21.2 Å². The lowest BCUT2D eigenvalue weighted by Gasteiger charge is -2.44. The Bertz CT molecular complexity index is 5680. The van der Waals surface area contributed by atoms with E-state index in [1.807, 2.05) is 106 Å². The molecule has 12 aromatic rings. The third kappa shape index (κ3) is 16.8. The van der Waals surface area contributed by atoms with Crippen molar-refractivity contribution in [3.05, 3.63) is 375 Å². The normalized spacial score (nSPS) is 23.8. The zero-order valence-corrected chi connectivity index (χ0v) is 77.8. The predicted octanol–water partition coefficient (Wildman–Crippen LogP) is 24.1. The number of halogens is 9. The van der Waals surface area contributed by atoms with Crippen LogP contribution in [0.25, 0.3) is 0 Å². The van der Waals surface area contributed by atoms with Crippen LogP contribution < -0.4 is 39.2 Å². The average molecular weight is 1960 g/mol. The summed E-state index contributed by atoms with van der Waals surface area (Å²) in [5.74, 6) is -0.285. The molecule has 8 aliphatic heterocycles. The zero-order valence-electron chi connectivity index (χ0n) is 70.2. The van der Waals surface area contributed by atoms with E-state index < -0.39 is 45.4 Å². The highest BCUT2D eigenvalue weighted by molar-refractivity contribution is 9.10. The summed E-state index contributed by atoms with van der Waals surface area (Å²) in [4.78, 5) is 80.7. The number of benzene rings is 12. The summed E-state index contributed by atoms with van der Waals surface area (Å²) in [6.07, 6.45) is 1.85. The second-order valence-corrected chi connectivity index (χ2v) is 37.1. The standard InChI is InChI=1S/3C25H22Cl2N2O3.C18H14Cl2N2O3.C7H7Br/c3*1-17-3-2-4-18(15-17)25(31)24(13-14-32-16-24)28(21-9-5-19(26)6-10-21)23(30)29(25)22-11-7-20(27)8-12-22;19-12-1-5-14(6-2-12)21-16(23)18(9-10-25-11-18)22(17(21)24)15-7-3-13(20)4-8-15;1-6-3-2-4-7(8)5-6/h3*2-12,15,31H,13-14,16H2,1H3;1-8H,9-11H2;2-5H,1H3/t24-,25+;24-,25-;;;/m00.../s1. The van der Waals surface area contributed by atoms with E-state index in [1.165, 1.54) is 30.1 Å². The van der Waals surface area contributed by atoms with Crippen LogP contribution in [0.15, 0.2) is 296 Å². The van der Waals surface area contributed by atoms with E-state index in [1.54, 1.807) is 209 Å². The Morgan fingerprint density at radius 1 is 0.271 bits per heavy atom. The zero-order chi connectivity index (χ0) is 91.1. The lowest BCUT2D eigenvalue weighted by Crippen LogP contribution is -2.60. The number of rotatable bonds is 11. The maximum atomic E-state index is 14.1. The van der Waals surface area contributed by atoms with Crippen LogP contribution in [0.2, 0.25) is 40.2 Å². The molecular weight excluding hydrogens is 1870 g/mol. The van der Waals surface area contributed by atoms with E-state index in [0.29, 0.717) is 154 Å². The fraction of sp³-hybridized carbons (Fsp3) is 0.230. The molecule has 8 aliphatic rings. The third-order valence-electron chi connectivity index (χ3n) is 24.7. The molecule has 0 radical (unpaired) electrons. The van der Waals surface area contributed by atoms with Crippen molar-refractivity contribution in [3.63, 3.8) is 0 Å². The molecule has 0 saturated carbocycles. The van der Waals surface area contributed by atoms with Gasteiger partial charge in [0.25, 0.3) is 5.91 Å². The molecule has 0 aromatic heterocycles. The first-order valence-electron chi connectivity index (χ1n) is 41.5. The van der Waals surface area contributed by atoms with E-state index in [4.69, 9.17) is 112 Å². The number of urea groups is 4. The number of carbonyl (C=O) groups is 5. The molecule has 3 unspecified atom stereocenters. The molecule has 20 nitrogen and oxygen atoms in total. The fourth-order valence-electron chi connectivity index (χ4n) is 18.6. The van der Waals surface area contributed by atoms with Crippen LogP contribution in [-0.2, 0) is 40.9 Å². The van der Waals surface area contributed by atoms with E-state index in [-0.39, 0.29) is 50.4 Å². The molecule has 29 heteroatoms. The van der Waals surface area contributed by atoms with Gasteiger partial charge in [0.2, 0.25) is 0 Å². The Hall–Kier alpha value is -10.1. The van der Waals surface area contributed by atoms with Gasteiger partial charge in [-0.2, -0.15) is 0 Å². The van der Waals surface area contributed by atoms with Gasteiger partial charge in [-0.25, -0.2) is 24.1 Å². The van der Waals surface area contributed by atoms with Crippen LogP contribution in [0.4, 0.5) is 64.7 Å². The predicted molar refractivity (Wildman–Crippen MR) is 515 cm³/mol. The number of imide groups is 1. The van der Waals surface area contributed by atoms with Crippen LogP contribution in [0.5, 0.6) is 0 Å². The molecule has 20 rings (SSSR count). The highest BCUT2D eigenvalue weighted by Gasteiger charge is 2.73. The van der Waals surface area contributed by atoms with Gasteiger partial charge < -0.3 is 34.3 Å². The number of hydrogen-bond donors (Lipinski definition) is 3. The average Bonchev–Trinajstić information content (AvgIpc) is 1.53. The summed E-state index contributed by atoms with van der Waals surface area (Å²) in [6.45, 7) is 10.4. The second-order valence-electron chi connectivity index (χ2n) is 32.7. The maximum Gasteiger partial charge on any atom is 0.336 e. The number of hydrogen-bond acceptors (Lipinski definition) is 12. The first-order valence-corrected chi connectivity index (χ1v) is 45.3. The minimum atomic E-state index is -1.68. The van der Waals surface area contributed by atoms with Crippen molar-refractivity contribution < 1.29 is 58.2 Å². The molecule has 8 saturated heterocycles. The summed E-state index contributed by atoms with van der Waals surface area (Å²) >= 11 is 51.9. The number of nitrogens with zero attached hydrogens (tertiary/aromatic N) is 8. The Balaban J connectivity index is 0.000000123. The smallest absolute Gasteiger partial charge is 0.336 e. The molecule has 8 fully saturated rings. The molecule has 4 spiro atoms. The molecule has 12 aromatic carbocycles. The van der Waals surface area contributed by atoms with E-state index in [2.05, 4.69) is 35.0 Å². The number of anilines is 8. The molecule has 3 N–H and O–H groups in total. The van der Waals surface area contributed by atoms with Crippen molar-refractivity contribution in [1.82, 2.24) is 0 Å². The van der Waals surface area contributed by atoms with Crippen molar-refractivity contribution >= 4 is 184 Å². The van der Waals surface area contributed by atoms with E-state index >= 15 is 0 Å². The highest BCUT2D eigenvalue weighted by Crippen LogP contribution is 2.59. The van der Waals surface area contributed by atoms with Gasteiger partial charge in [0.1, 0.15) is 16.6 Å². The third-order valence-corrected chi connectivity index (χ3v) is 27.2. The van der Waals surface area contributed by atoms with Crippen molar-refractivity contribution in [2.24, 2.45) is 0 Å². The van der Waals surface area contributed by atoms with E-state index in [9.17, 15) is 39.3 Å². The Labute approximate surface area is 795 Å². The molecule has 0 bridgehead atoms. The van der Waals surface area contributed by atoms with Gasteiger partial charge in [0.05, 0.1) is 32.1 Å². The van der Waals surface area contributed by atoms with Crippen molar-refractivity contribution in [1.29, 1.82) is 0 Å². The summed E-state index contributed by atoms with van der Waals surface area (Å²) in [5.41, 5.74) is 1.64. The number of ether oxygens (including phenoxy) is 4. The quantitative estimate of drug-likeness (QED) is 0.103. The first kappa shape index (κ1) is 92.2. The van der Waals surface area contributed by atoms with Gasteiger partial charge in [-0.05, 0) is 234 Å². The molecule has 129 heavy (non-hydrogen) atoms. The highest BCUT2D eigenvalue weighted by atomic mass is 79.9. The summed E-state index contributed by atoms with van der Waals surface area (Å²) in [7, 11) is 0. The van der Waals surface area contributed by atoms with Crippen molar-refractivity contribution in [3.8, 4) is 0 Å². The largest absolute Gasteiger partial charge is 0.379 e. The molecule has 9 amide bonds. The van der Waals surface area contributed by atoms with Crippen LogP contribution in [-0.4, -0.2) is 120 Å². The molecule has 0 aliphatic carbocycles. The van der Waals surface area contributed by atoms with Gasteiger partial charge in [-0.1, -0.05) is 216 Å². The van der Waals surface area contributed by atoms with Crippen LogP contribution in [0.1, 0.15) is 64.6 Å². The minimum absolute atomic E-state index is 0.171. The SMILES string of the molecule is Cc1cccc(Br)c1.Cc1cccc(C2(O)N(c3ccc(Cl)cc3)C(=O)N(c3ccc(Cl)cc3)C23CCOC3)c1.Cc1cccc([C@@]2(O)N(c3ccc(Cl)cc3)C(=O)N(c3ccc(Cl)cc3)[C@]23CCOC3)c1.Cc1cccc([C@]2(O)N(c3ccc(Cl)cc3)C(=O)N(c3ccc(Cl)cc3)[C@]23CCOC3)c1.O=C1N(c2ccc(Cl)cc2)C(=O)C2(CCOC2)N1c1ccc(Cl)cc1. The summed E-state index contributed by atoms with van der Waals surface area (Å²) < 4.78 is 24.1. The molecule has 7 atom stereocenters. The van der Waals surface area contributed by atoms with Gasteiger partial charge in [-0.15, -0.1) is 0 Å². The number of carbonyl (C=O) groups excluding carboxylic acids is 5. The fourth-order valence-corrected chi connectivity index (χ4v) is 20.1. The number of aliphatic hydroxyl groups is 3. The molecule has 8 heterocycles. The maximum absolute atomic E-state index is 14.1. The van der Waals surface area contributed by atoms with Crippen LogP contribution >= 0.6 is 109 Å². The lowest BCUT2D eigenvalue weighted by atomic mass is 9.79. The second kappa shape index (κ2) is 37.6. The Morgan fingerprint density at radius 3 is 0.729 bits per heavy atom. The molecule has 662 valence electrons. The van der Waals surface area contributed by atoms with Crippen LogP contribution in [0.3, 0.4) is 0 Å². The Morgan fingerprint density at radius 2 is 0.504 bits per heavy atom. The topological polar surface area (TPSA) is 209 Å². The Kier molecular flexibility index (Phi) is 26.9. The van der Waals surface area contributed by atoms with Gasteiger partial charge >= 0.3 is 24.1 Å². The monoisotopic (exact) mass is 1950 g/mol. The van der Waals surface area contributed by atoms with Gasteiger partial charge in [0.15, 0.2) is 22.7 Å². The summed E-state index contributed by atoms with van der Waals surface area (Å²) in [6, 6.07) is 85.1.